The van der Waals surface area contributed by atoms with Crippen LogP contribution in [0.3, 0.4) is 0 Å². The third-order valence-electron chi connectivity index (χ3n) is 4.14. The van der Waals surface area contributed by atoms with Gasteiger partial charge in [-0.3, -0.25) is 4.40 Å². The molecule has 102 valence electrons. The van der Waals surface area contributed by atoms with Crippen molar-refractivity contribution in [2.45, 2.75) is 45.6 Å². The molecule has 1 aliphatic heterocycles. The van der Waals surface area contributed by atoms with Crippen LogP contribution in [0, 0.1) is 6.92 Å². The monoisotopic (exact) mass is 258 g/mol. The summed E-state index contributed by atoms with van der Waals surface area (Å²) in [5.41, 5.74) is 2.20. The highest BCUT2D eigenvalue weighted by molar-refractivity contribution is 5.41. The number of nitrogens with zero attached hydrogens (tertiary/aromatic N) is 4. The summed E-state index contributed by atoms with van der Waals surface area (Å²) in [6.45, 7) is 8.95. The van der Waals surface area contributed by atoms with Crippen molar-refractivity contribution in [3.8, 4) is 0 Å². The molecule has 0 N–H and O–H groups in total. The first kappa shape index (κ1) is 12.6. The summed E-state index contributed by atoms with van der Waals surface area (Å²) in [4.78, 5) is 2.55. The van der Waals surface area contributed by atoms with Crippen LogP contribution in [0.25, 0.3) is 5.65 Å². The molecule has 2 aromatic rings. The topological polar surface area (TPSA) is 33.4 Å². The van der Waals surface area contributed by atoms with Gasteiger partial charge < -0.3 is 4.90 Å². The minimum absolute atomic E-state index is 0.508. The number of fused-ring (bicyclic) bond motifs is 1. The molecule has 3 heterocycles. The van der Waals surface area contributed by atoms with Gasteiger partial charge in [0.05, 0.1) is 0 Å². The molecule has 19 heavy (non-hydrogen) atoms. The zero-order valence-electron chi connectivity index (χ0n) is 12.0. The Hall–Kier alpha value is -1.42. The fourth-order valence-corrected chi connectivity index (χ4v) is 2.98. The summed E-state index contributed by atoms with van der Waals surface area (Å²) < 4.78 is 2.15. The number of hydrogen-bond acceptors (Lipinski definition) is 3. The van der Waals surface area contributed by atoms with Crippen LogP contribution in [-0.4, -0.2) is 38.6 Å². The summed E-state index contributed by atoms with van der Waals surface area (Å²) in [6, 6.07) is 4.84. The first-order chi connectivity index (χ1) is 9.15. The van der Waals surface area contributed by atoms with Gasteiger partial charge in [0.1, 0.15) is 5.82 Å². The molecule has 1 aliphatic rings. The predicted octanol–water partition coefficient (Wildman–Crippen LogP) is 2.63. The summed E-state index contributed by atoms with van der Waals surface area (Å²) in [5.74, 6) is 1.63. The quantitative estimate of drug-likeness (QED) is 0.830. The van der Waals surface area contributed by atoms with Crippen molar-refractivity contribution in [2.75, 3.05) is 13.1 Å². The molecule has 4 nitrogen and oxygen atoms in total. The Morgan fingerprint density at radius 2 is 2.16 bits per heavy atom. The van der Waals surface area contributed by atoms with Crippen molar-refractivity contribution in [3.05, 3.63) is 29.7 Å². The van der Waals surface area contributed by atoms with Crippen LogP contribution in [0.15, 0.2) is 18.3 Å². The number of aromatic nitrogens is 3. The van der Waals surface area contributed by atoms with E-state index in [1.807, 2.05) is 0 Å². The van der Waals surface area contributed by atoms with Crippen LogP contribution < -0.4 is 0 Å². The Balaban J connectivity index is 1.91. The van der Waals surface area contributed by atoms with E-state index in [9.17, 15) is 0 Å². The van der Waals surface area contributed by atoms with Gasteiger partial charge in [-0.25, -0.2) is 0 Å². The minimum Gasteiger partial charge on any atom is -0.300 e. The maximum absolute atomic E-state index is 4.44. The van der Waals surface area contributed by atoms with E-state index in [-0.39, 0.29) is 0 Å². The Morgan fingerprint density at radius 1 is 1.32 bits per heavy atom. The van der Waals surface area contributed by atoms with Gasteiger partial charge in [0.2, 0.25) is 0 Å². The molecule has 1 atom stereocenters. The van der Waals surface area contributed by atoms with Gasteiger partial charge in [0.25, 0.3) is 0 Å². The van der Waals surface area contributed by atoms with Crippen molar-refractivity contribution in [1.82, 2.24) is 19.5 Å². The molecule has 0 spiro atoms. The predicted molar refractivity (Wildman–Crippen MR) is 76.4 cm³/mol. The van der Waals surface area contributed by atoms with E-state index in [2.05, 4.69) is 58.6 Å². The molecule has 0 saturated carbocycles. The average Bonchev–Trinajstić information content (AvgIpc) is 2.81. The van der Waals surface area contributed by atoms with Crippen LogP contribution in [0.2, 0.25) is 0 Å². The second kappa shape index (κ2) is 4.93. The molecular formula is C15H22N4. The molecule has 0 bridgehead atoms. The van der Waals surface area contributed by atoms with Gasteiger partial charge in [0, 0.05) is 24.7 Å². The number of rotatable bonds is 2. The van der Waals surface area contributed by atoms with Crippen molar-refractivity contribution in [3.63, 3.8) is 0 Å². The Bertz CT molecular complexity index is 573. The zero-order valence-corrected chi connectivity index (χ0v) is 12.0. The summed E-state index contributed by atoms with van der Waals surface area (Å²) >= 11 is 0. The van der Waals surface area contributed by atoms with E-state index in [0.717, 1.165) is 18.0 Å². The number of hydrogen-bond donors (Lipinski definition) is 0. The first-order valence-corrected chi connectivity index (χ1v) is 7.20. The van der Waals surface area contributed by atoms with Crippen LogP contribution in [0.5, 0.6) is 0 Å². The fraction of sp³-hybridized carbons (Fsp3) is 0.600. The zero-order chi connectivity index (χ0) is 13.4. The highest BCUT2D eigenvalue weighted by atomic mass is 15.3. The Kier molecular flexibility index (Phi) is 3.27. The molecule has 0 aromatic carbocycles. The van der Waals surface area contributed by atoms with E-state index >= 15 is 0 Å². The smallest absolute Gasteiger partial charge is 0.161 e. The normalized spacial score (nSPS) is 21.4. The minimum atomic E-state index is 0.508. The molecule has 2 aromatic heterocycles. The highest BCUT2D eigenvalue weighted by Crippen LogP contribution is 2.27. The lowest BCUT2D eigenvalue weighted by Gasteiger charge is -2.34. The summed E-state index contributed by atoms with van der Waals surface area (Å²) in [5, 5.41) is 8.76. The lowest BCUT2D eigenvalue weighted by molar-refractivity contribution is 0.164. The Morgan fingerprint density at radius 3 is 2.95 bits per heavy atom. The van der Waals surface area contributed by atoms with E-state index in [1.165, 1.54) is 24.9 Å². The molecule has 0 radical (unpaired) electrons. The second-order valence-corrected chi connectivity index (χ2v) is 5.92. The molecular weight excluding hydrogens is 236 g/mol. The highest BCUT2D eigenvalue weighted by Gasteiger charge is 2.26. The van der Waals surface area contributed by atoms with E-state index in [4.69, 9.17) is 0 Å². The van der Waals surface area contributed by atoms with Gasteiger partial charge in [-0.05, 0) is 57.9 Å². The third-order valence-corrected chi connectivity index (χ3v) is 4.14. The van der Waals surface area contributed by atoms with Crippen molar-refractivity contribution >= 4 is 5.65 Å². The molecule has 0 amide bonds. The van der Waals surface area contributed by atoms with E-state index in [0.29, 0.717) is 12.0 Å². The van der Waals surface area contributed by atoms with Gasteiger partial charge in [-0.1, -0.05) is 0 Å². The van der Waals surface area contributed by atoms with E-state index in [1.54, 1.807) is 0 Å². The average molecular weight is 258 g/mol. The maximum Gasteiger partial charge on any atom is 0.161 e. The SMILES string of the molecule is Cc1ccn2c(C3CCCN(C(C)C)C3)nnc2c1. The Labute approximate surface area is 114 Å². The lowest BCUT2D eigenvalue weighted by atomic mass is 9.96. The standard InChI is InChI=1S/C15H22N4/c1-11(2)18-7-4-5-13(10-18)15-17-16-14-9-12(3)6-8-19(14)15/h6,8-9,11,13H,4-5,7,10H2,1-3H3. The number of likely N-dealkylation sites (tertiary alicyclic amines) is 1. The maximum atomic E-state index is 4.44. The number of pyridine rings is 1. The van der Waals surface area contributed by atoms with Crippen molar-refractivity contribution < 1.29 is 0 Å². The van der Waals surface area contributed by atoms with Crippen LogP contribution in [0.4, 0.5) is 0 Å². The van der Waals surface area contributed by atoms with Crippen LogP contribution in [0.1, 0.15) is 44.0 Å². The van der Waals surface area contributed by atoms with Gasteiger partial charge >= 0.3 is 0 Å². The van der Waals surface area contributed by atoms with Gasteiger partial charge in [0.15, 0.2) is 5.65 Å². The van der Waals surface area contributed by atoms with Gasteiger partial charge in [-0.15, -0.1) is 10.2 Å². The first-order valence-electron chi connectivity index (χ1n) is 7.20. The summed E-state index contributed by atoms with van der Waals surface area (Å²) in [6.07, 6.45) is 4.58. The van der Waals surface area contributed by atoms with Crippen molar-refractivity contribution in [1.29, 1.82) is 0 Å². The van der Waals surface area contributed by atoms with Gasteiger partial charge in [-0.2, -0.15) is 0 Å². The third kappa shape index (κ3) is 2.37. The fourth-order valence-electron chi connectivity index (χ4n) is 2.98. The lowest BCUT2D eigenvalue weighted by Crippen LogP contribution is -2.39. The number of piperidine rings is 1. The van der Waals surface area contributed by atoms with E-state index < -0.39 is 0 Å². The van der Waals surface area contributed by atoms with Crippen LogP contribution >= 0.6 is 0 Å². The van der Waals surface area contributed by atoms with Crippen LogP contribution in [-0.2, 0) is 0 Å². The molecule has 3 rings (SSSR count). The molecule has 1 unspecified atom stereocenters. The molecule has 1 saturated heterocycles. The summed E-state index contributed by atoms with van der Waals surface area (Å²) in [7, 11) is 0. The second-order valence-electron chi connectivity index (χ2n) is 5.92. The number of aryl methyl sites for hydroxylation is 1. The molecule has 4 heteroatoms. The molecule has 1 fully saturated rings. The van der Waals surface area contributed by atoms with Crippen molar-refractivity contribution in [2.24, 2.45) is 0 Å². The molecule has 0 aliphatic carbocycles. The largest absolute Gasteiger partial charge is 0.300 e.